The Labute approximate surface area is 111 Å². The van der Waals surface area contributed by atoms with Gasteiger partial charge in [-0.3, -0.25) is 10.1 Å². The van der Waals surface area contributed by atoms with Crippen molar-refractivity contribution in [2.75, 3.05) is 30.3 Å². The Kier molecular flexibility index (Phi) is 4.16. The largest absolute Gasteiger partial charge is 0.384 e. The molecule has 19 heavy (non-hydrogen) atoms. The van der Waals surface area contributed by atoms with Gasteiger partial charge >= 0.3 is 5.69 Å². The zero-order chi connectivity index (χ0) is 13.8. The van der Waals surface area contributed by atoms with Gasteiger partial charge < -0.3 is 15.4 Å². The Morgan fingerprint density at radius 3 is 3.00 bits per heavy atom. The highest BCUT2D eigenvalue weighted by Crippen LogP contribution is 2.28. The highest BCUT2D eigenvalue weighted by molar-refractivity contribution is 5.61. The van der Waals surface area contributed by atoms with E-state index in [-0.39, 0.29) is 17.6 Å². The van der Waals surface area contributed by atoms with Gasteiger partial charge in [-0.05, 0) is 25.8 Å². The first-order chi connectivity index (χ1) is 9.11. The van der Waals surface area contributed by atoms with Crippen molar-refractivity contribution < 1.29 is 9.66 Å². The van der Waals surface area contributed by atoms with E-state index in [1.165, 1.54) is 12.1 Å². The number of likely N-dealkylation sites (N-methyl/N-ethyl adjacent to an activating group) is 1. The van der Waals surface area contributed by atoms with Crippen LogP contribution in [0.3, 0.4) is 0 Å². The summed E-state index contributed by atoms with van der Waals surface area (Å²) >= 11 is 0. The maximum atomic E-state index is 11.1. The molecule has 1 aliphatic heterocycles. The summed E-state index contributed by atoms with van der Waals surface area (Å²) in [5.41, 5.74) is 5.62. The van der Waals surface area contributed by atoms with Crippen molar-refractivity contribution in [3.8, 4) is 0 Å². The van der Waals surface area contributed by atoms with Crippen molar-refractivity contribution in [3.63, 3.8) is 0 Å². The quantitative estimate of drug-likeness (QED) is 0.642. The minimum Gasteiger partial charge on any atom is -0.384 e. The molecular weight excluding hydrogens is 248 g/mol. The van der Waals surface area contributed by atoms with E-state index in [4.69, 9.17) is 10.5 Å². The number of hydrogen-bond acceptors (Lipinski definition) is 6. The highest BCUT2D eigenvalue weighted by atomic mass is 16.6. The molecule has 0 amide bonds. The van der Waals surface area contributed by atoms with Gasteiger partial charge in [0, 0.05) is 25.8 Å². The molecule has 0 radical (unpaired) electrons. The zero-order valence-electron chi connectivity index (χ0n) is 10.9. The van der Waals surface area contributed by atoms with Crippen LogP contribution >= 0.6 is 0 Å². The van der Waals surface area contributed by atoms with Gasteiger partial charge in [0.15, 0.2) is 0 Å². The fourth-order valence-electron chi connectivity index (χ4n) is 2.23. The van der Waals surface area contributed by atoms with Gasteiger partial charge in [-0.1, -0.05) is 0 Å². The molecule has 1 fully saturated rings. The number of anilines is 2. The number of ether oxygens (including phenoxy) is 1. The number of nitrogens with two attached hydrogens (primary N) is 1. The molecule has 7 heteroatoms. The third-order valence-corrected chi connectivity index (χ3v) is 3.20. The summed E-state index contributed by atoms with van der Waals surface area (Å²) < 4.78 is 5.57. The number of nitrogen functional groups attached to an aromatic ring is 1. The Balaban J connectivity index is 2.25. The van der Waals surface area contributed by atoms with Crippen molar-refractivity contribution in [1.82, 2.24) is 4.98 Å². The molecule has 2 rings (SSSR count). The van der Waals surface area contributed by atoms with Crippen LogP contribution in [0, 0.1) is 10.1 Å². The first-order valence-corrected chi connectivity index (χ1v) is 6.39. The summed E-state index contributed by atoms with van der Waals surface area (Å²) in [5, 5.41) is 11.1. The molecule has 104 valence electrons. The van der Waals surface area contributed by atoms with Crippen LogP contribution in [0.15, 0.2) is 12.1 Å². The minimum absolute atomic E-state index is 0.0194. The number of aromatic nitrogens is 1. The molecule has 0 saturated carbocycles. The third kappa shape index (κ3) is 3.11. The molecule has 0 spiro atoms. The number of rotatable bonds is 5. The average Bonchev–Trinajstić information content (AvgIpc) is 2.88. The van der Waals surface area contributed by atoms with E-state index in [0.29, 0.717) is 18.9 Å². The second kappa shape index (κ2) is 5.83. The van der Waals surface area contributed by atoms with E-state index in [1.54, 1.807) is 0 Å². The molecule has 2 heterocycles. The van der Waals surface area contributed by atoms with Gasteiger partial charge in [0.1, 0.15) is 5.82 Å². The van der Waals surface area contributed by atoms with Gasteiger partial charge in [-0.15, -0.1) is 0 Å². The molecule has 1 aromatic rings. The molecule has 1 atom stereocenters. The number of nitrogens with zero attached hydrogens (tertiary/aromatic N) is 3. The number of pyridine rings is 1. The predicted octanol–water partition coefficient (Wildman–Crippen LogP) is 1.58. The van der Waals surface area contributed by atoms with Crippen LogP contribution in [0.2, 0.25) is 0 Å². The first kappa shape index (κ1) is 13.5. The Bertz CT molecular complexity index is 460. The second-order valence-corrected chi connectivity index (χ2v) is 4.51. The monoisotopic (exact) mass is 266 g/mol. The summed E-state index contributed by atoms with van der Waals surface area (Å²) in [5.74, 6) is 0.606. The Morgan fingerprint density at radius 2 is 2.42 bits per heavy atom. The fraction of sp³-hybridized carbons (Fsp3) is 0.583. The van der Waals surface area contributed by atoms with E-state index >= 15 is 0 Å². The van der Waals surface area contributed by atoms with Gasteiger partial charge in [-0.25, -0.2) is 4.98 Å². The predicted molar refractivity (Wildman–Crippen MR) is 72.2 cm³/mol. The SMILES string of the molecule is CCN(CC1CCCO1)c1nc(N)ccc1[N+](=O)[O-]. The molecule has 1 unspecified atom stereocenters. The highest BCUT2D eigenvalue weighted by Gasteiger charge is 2.25. The summed E-state index contributed by atoms with van der Waals surface area (Å²) in [6.07, 6.45) is 2.13. The standard InChI is InChI=1S/C12H18N4O3/c1-2-15(8-9-4-3-7-19-9)12-10(16(17)18)5-6-11(13)14-12/h5-6,9H,2-4,7-8H2,1H3,(H2,13,14). The van der Waals surface area contributed by atoms with Gasteiger partial charge in [0.25, 0.3) is 0 Å². The van der Waals surface area contributed by atoms with E-state index in [1.807, 2.05) is 11.8 Å². The van der Waals surface area contributed by atoms with E-state index < -0.39 is 4.92 Å². The normalized spacial score (nSPS) is 18.5. The molecule has 1 aromatic heterocycles. The summed E-state index contributed by atoms with van der Waals surface area (Å²) in [6, 6.07) is 2.84. The molecule has 1 aliphatic rings. The van der Waals surface area contributed by atoms with Gasteiger partial charge in [-0.2, -0.15) is 0 Å². The summed E-state index contributed by atoms with van der Waals surface area (Å²) in [4.78, 5) is 16.6. The van der Waals surface area contributed by atoms with Crippen molar-refractivity contribution in [1.29, 1.82) is 0 Å². The van der Waals surface area contributed by atoms with E-state index in [2.05, 4.69) is 4.98 Å². The minimum atomic E-state index is -0.431. The summed E-state index contributed by atoms with van der Waals surface area (Å²) in [6.45, 7) is 3.92. The number of hydrogen-bond donors (Lipinski definition) is 1. The average molecular weight is 266 g/mol. The molecule has 1 saturated heterocycles. The van der Waals surface area contributed by atoms with Crippen molar-refractivity contribution >= 4 is 17.3 Å². The molecule has 0 bridgehead atoms. The molecule has 0 aromatic carbocycles. The molecule has 2 N–H and O–H groups in total. The van der Waals surface area contributed by atoms with Crippen molar-refractivity contribution in [3.05, 3.63) is 22.2 Å². The zero-order valence-corrected chi connectivity index (χ0v) is 10.9. The van der Waals surface area contributed by atoms with Crippen LogP contribution < -0.4 is 10.6 Å². The van der Waals surface area contributed by atoms with Crippen molar-refractivity contribution in [2.45, 2.75) is 25.9 Å². The molecule has 7 nitrogen and oxygen atoms in total. The Hall–Kier alpha value is -1.89. The second-order valence-electron chi connectivity index (χ2n) is 4.51. The van der Waals surface area contributed by atoms with E-state index in [0.717, 1.165) is 19.4 Å². The van der Waals surface area contributed by atoms with Crippen LogP contribution in [0.4, 0.5) is 17.3 Å². The first-order valence-electron chi connectivity index (χ1n) is 6.39. The maximum Gasteiger partial charge on any atom is 0.311 e. The van der Waals surface area contributed by atoms with Crippen LogP contribution in [0.1, 0.15) is 19.8 Å². The maximum absolute atomic E-state index is 11.1. The van der Waals surface area contributed by atoms with Gasteiger partial charge in [0.2, 0.25) is 5.82 Å². The number of nitro groups is 1. The lowest BCUT2D eigenvalue weighted by atomic mass is 10.2. The van der Waals surface area contributed by atoms with Crippen molar-refractivity contribution in [2.24, 2.45) is 0 Å². The lowest BCUT2D eigenvalue weighted by molar-refractivity contribution is -0.384. The lowest BCUT2D eigenvalue weighted by Crippen LogP contribution is -2.33. The van der Waals surface area contributed by atoms with Crippen LogP contribution in [0.5, 0.6) is 0 Å². The molecule has 0 aliphatic carbocycles. The smallest absolute Gasteiger partial charge is 0.311 e. The van der Waals surface area contributed by atoms with Crippen LogP contribution in [0.25, 0.3) is 0 Å². The third-order valence-electron chi connectivity index (χ3n) is 3.20. The topological polar surface area (TPSA) is 94.5 Å². The van der Waals surface area contributed by atoms with Crippen LogP contribution in [-0.4, -0.2) is 35.7 Å². The fourth-order valence-corrected chi connectivity index (χ4v) is 2.23. The lowest BCUT2D eigenvalue weighted by Gasteiger charge is -2.24. The van der Waals surface area contributed by atoms with Crippen LogP contribution in [-0.2, 0) is 4.74 Å². The van der Waals surface area contributed by atoms with Gasteiger partial charge in [0.05, 0.1) is 11.0 Å². The Morgan fingerprint density at radius 1 is 1.63 bits per heavy atom. The summed E-state index contributed by atoms with van der Waals surface area (Å²) in [7, 11) is 0. The molecular formula is C12H18N4O3. The van der Waals surface area contributed by atoms with E-state index in [9.17, 15) is 10.1 Å².